The second-order valence-electron chi connectivity index (χ2n) is 11.4. The highest BCUT2D eigenvalue weighted by atomic mass is 19.4. The summed E-state index contributed by atoms with van der Waals surface area (Å²) in [6, 6.07) is 10.1. The summed E-state index contributed by atoms with van der Waals surface area (Å²) in [5.74, 6) is -0.133. The van der Waals surface area contributed by atoms with Crippen LogP contribution in [0, 0.1) is 5.82 Å². The van der Waals surface area contributed by atoms with Gasteiger partial charge in [0.15, 0.2) is 5.82 Å². The smallest absolute Gasteiger partial charge is 0.375 e. The molecule has 0 saturated heterocycles. The highest BCUT2D eigenvalue weighted by Gasteiger charge is 2.41. The van der Waals surface area contributed by atoms with E-state index < -0.39 is 29.0 Å². The van der Waals surface area contributed by atoms with Crippen LogP contribution in [0.3, 0.4) is 0 Å². The Kier molecular flexibility index (Phi) is 7.62. The van der Waals surface area contributed by atoms with Gasteiger partial charge >= 0.3 is 6.18 Å². The number of hydrogen-bond donors (Lipinski definition) is 2. The molecule has 0 unspecified atom stereocenters. The van der Waals surface area contributed by atoms with Crippen molar-refractivity contribution in [3.05, 3.63) is 76.9 Å². The summed E-state index contributed by atoms with van der Waals surface area (Å²) in [4.78, 5) is 19.5. The van der Waals surface area contributed by atoms with Crippen LogP contribution in [-0.4, -0.2) is 44.3 Å². The SMILES string of the molecule is CCNc1cc(-c2ccc(F)cc2-c2nncn2C)cc(N2Cc3c(cc(COCC4(N)CCC4)cc3C(F)(F)F)C2=O)n1. The standard InChI is InChI=1S/C31H31F4N7O2/c1-3-37-26-11-19(21-6-5-20(32)13-22(21)28-40-38-17-41(28)2)12-27(39-26)42-14-24-23(29(42)43)9-18(10-25(24)31(33,34)35)15-44-16-30(36)7-4-8-30/h5-6,9-13,17H,3-4,7-8,14-16,36H2,1-2H3,(H,37,39). The lowest BCUT2D eigenvalue weighted by atomic mass is 9.78. The second-order valence-corrected chi connectivity index (χ2v) is 11.4. The normalized spacial score (nSPS) is 15.8. The van der Waals surface area contributed by atoms with E-state index in [1.54, 1.807) is 29.8 Å². The van der Waals surface area contributed by atoms with Crippen LogP contribution in [0.2, 0.25) is 0 Å². The van der Waals surface area contributed by atoms with E-state index in [4.69, 9.17) is 10.5 Å². The van der Waals surface area contributed by atoms with Crippen molar-refractivity contribution >= 4 is 17.5 Å². The Morgan fingerprint density at radius 3 is 2.55 bits per heavy atom. The van der Waals surface area contributed by atoms with E-state index in [0.717, 1.165) is 25.3 Å². The maximum absolute atomic E-state index is 14.4. The number of aromatic nitrogens is 4. The molecule has 2 aliphatic rings. The molecule has 2 aromatic carbocycles. The first-order valence-corrected chi connectivity index (χ1v) is 14.3. The second kappa shape index (κ2) is 11.3. The van der Waals surface area contributed by atoms with Crippen LogP contribution in [0.25, 0.3) is 22.5 Å². The number of anilines is 2. The molecule has 1 aliphatic carbocycles. The fourth-order valence-corrected chi connectivity index (χ4v) is 5.70. The van der Waals surface area contributed by atoms with Crippen LogP contribution in [-0.2, 0) is 31.1 Å². The lowest BCUT2D eigenvalue weighted by Gasteiger charge is -2.37. The fraction of sp³-hybridized carbons (Fsp3) is 0.355. The molecule has 6 rings (SSSR count). The predicted molar refractivity (Wildman–Crippen MR) is 156 cm³/mol. The fourth-order valence-electron chi connectivity index (χ4n) is 5.70. The number of amides is 1. The molecule has 1 saturated carbocycles. The number of pyridine rings is 1. The molecule has 1 aliphatic heterocycles. The number of nitrogens with zero attached hydrogens (tertiary/aromatic N) is 5. The lowest BCUT2D eigenvalue weighted by molar-refractivity contribution is -0.138. The Balaban J connectivity index is 1.38. The minimum atomic E-state index is -4.69. The molecule has 1 fully saturated rings. The van der Waals surface area contributed by atoms with Gasteiger partial charge in [0.2, 0.25) is 0 Å². The summed E-state index contributed by atoms with van der Waals surface area (Å²) in [6.45, 7) is 2.17. The van der Waals surface area contributed by atoms with Gasteiger partial charge in [-0.2, -0.15) is 13.2 Å². The number of nitrogens with two attached hydrogens (primary N) is 1. The molecule has 0 spiro atoms. The van der Waals surface area contributed by atoms with Crippen molar-refractivity contribution in [1.29, 1.82) is 0 Å². The van der Waals surface area contributed by atoms with E-state index in [1.807, 2.05) is 6.92 Å². The molecule has 0 radical (unpaired) electrons. The zero-order chi connectivity index (χ0) is 31.2. The summed E-state index contributed by atoms with van der Waals surface area (Å²) in [7, 11) is 1.73. The van der Waals surface area contributed by atoms with Gasteiger partial charge < -0.3 is 20.4 Å². The summed E-state index contributed by atoms with van der Waals surface area (Å²) in [5, 5.41) is 11.1. The molecule has 230 valence electrons. The van der Waals surface area contributed by atoms with Crippen molar-refractivity contribution in [2.75, 3.05) is 23.4 Å². The van der Waals surface area contributed by atoms with E-state index in [0.29, 0.717) is 34.9 Å². The first-order valence-electron chi connectivity index (χ1n) is 14.3. The molecule has 0 atom stereocenters. The maximum atomic E-state index is 14.4. The van der Waals surface area contributed by atoms with Gasteiger partial charge in [0, 0.05) is 30.3 Å². The zero-order valence-electron chi connectivity index (χ0n) is 24.2. The molecule has 3 heterocycles. The van der Waals surface area contributed by atoms with Crippen LogP contribution in [0.4, 0.5) is 29.2 Å². The third-order valence-electron chi connectivity index (χ3n) is 8.11. The molecule has 44 heavy (non-hydrogen) atoms. The molecular weight excluding hydrogens is 578 g/mol. The van der Waals surface area contributed by atoms with Gasteiger partial charge in [-0.15, -0.1) is 10.2 Å². The van der Waals surface area contributed by atoms with Gasteiger partial charge in [0.1, 0.15) is 23.8 Å². The summed E-state index contributed by atoms with van der Waals surface area (Å²) in [6.07, 6.45) is -0.600. The zero-order valence-corrected chi connectivity index (χ0v) is 24.2. The first kappa shape index (κ1) is 29.7. The van der Waals surface area contributed by atoms with Crippen LogP contribution < -0.4 is 16.0 Å². The maximum Gasteiger partial charge on any atom is 0.416 e. The summed E-state index contributed by atoms with van der Waals surface area (Å²) < 4.78 is 64.6. The molecule has 4 aromatic rings. The van der Waals surface area contributed by atoms with E-state index in [9.17, 15) is 22.4 Å². The van der Waals surface area contributed by atoms with Gasteiger partial charge in [0.25, 0.3) is 5.91 Å². The number of nitrogens with one attached hydrogen (secondary N) is 1. The van der Waals surface area contributed by atoms with Crippen LogP contribution in [0.1, 0.15) is 53.2 Å². The highest BCUT2D eigenvalue weighted by molar-refractivity contribution is 6.10. The average molecular weight is 610 g/mol. The number of ether oxygens (including phenoxy) is 1. The number of aryl methyl sites for hydroxylation is 1. The first-order chi connectivity index (χ1) is 21.0. The van der Waals surface area contributed by atoms with Crippen molar-refractivity contribution < 1.29 is 27.1 Å². The van der Waals surface area contributed by atoms with E-state index in [-0.39, 0.29) is 42.3 Å². The Labute approximate surface area is 251 Å². The van der Waals surface area contributed by atoms with E-state index in [2.05, 4.69) is 20.5 Å². The molecule has 9 nitrogen and oxygen atoms in total. The number of hydrogen-bond acceptors (Lipinski definition) is 7. The number of benzene rings is 2. The number of rotatable bonds is 9. The third kappa shape index (κ3) is 5.64. The number of alkyl halides is 3. The van der Waals surface area contributed by atoms with Gasteiger partial charge in [-0.1, -0.05) is 6.07 Å². The highest BCUT2D eigenvalue weighted by Crippen LogP contribution is 2.41. The topological polar surface area (TPSA) is 111 Å². The molecule has 3 N–H and O–H groups in total. The summed E-state index contributed by atoms with van der Waals surface area (Å²) >= 11 is 0. The molecule has 0 bridgehead atoms. The largest absolute Gasteiger partial charge is 0.416 e. The van der Waals surface area contributed by atoms with Crippen molar-refractivity contribution in [2.45, 2.75) is 51.1 Å². The van der Waals surface area contributed by atoms with Crippen LogP contribution in [0.15, 0.2) is 48.8 Å². The number of carbonyl (C=O) groups is 1. The minimum absolute atomic E-state index is 0.0525. The van der Waals surface area contributed by atoms with Gasteiger partial charge in [0.05, 0.1) is 25.3 Å². The van der Waals surface area contributed by atoms with Crippen molar-refractivity contribution in [2.24, 2.45) is 12.8 Å². The predicted octanol–water partition coefficient (Wildman–Crippen LogP) is 5.69. The molecule has 13 heteroatoms. The monoisotopic (exact) mass is 609 g/mol. The molecular formula is C31H31F4N7O2. The Morgan fingerprint density at radius 2 is 1.89 bits per heavy atom. The minimum Gasteiger partial charge on any atom is -0.375 e. The van der Waals surface area contributed by atoms with Gasteiger partial charge in [-0.05, 0) is 84.8 Å². The van der Waals surface area contributed by atoms with Crippen molar-refractivity contribution in [1.82, 2.24) is 19.7 Å². The van der Waals surface area contributed by atoms with Crippen molar-refractivity contribution in [3.63, 3.8) is 0 Å². The quantitative estimate of drug-likeness (QED) is 0.235. The number of halogens is 4. The Bertz CT molecular complexity index is 1730. The van der Waals surface area contributed by atoms with Crippen molar-refractivity contribution in [3.8, 4) is 22.5 Å². The van der Waals surface area contributed by atoms with E-state index >= 15 is 0 Å². The van der Waals surface area contributed by atoms with E-state index in [1.165, 1.54) is 29.4 Å². The molecule has 2 aromatic heterocycles. The number of carbonyl (C=O) groups excluding carboxylic acids is 1. The summed E-state index contributed by atoms with van der Waals surface area (Å²) in [5.41, 5.74) is 6.51. The average Bonchev–Trinajstić information content (AvgIpc) is 3.54. The van der Waals surface area contributed by atoms with Gasteiger partial charge in [-0.3, -0.25) is 9.69 Å². The van der Waals surface area contributed by atoms with Crippen LogP contribution >= 0.6 is 0 Å². The molecule has 1 amide bonds. The Hall–Kier alpha value is -4.36. The van der Waals surface area contributed by atoms with Gasteiger partial charge in [-0.25, -0.2) is 9.37 Å². The third-order valence-corrected chi connectivity index (χ3v) is 8.11. The number of fused-ring (bicyclic) bond motifs is 1. The Morgan fingerprint density at radius 1 is 1.09 bits per heavy atom. The van der Waals surface area contributed by atoms with Crippen LogP contribution in [0.5, 0.6) is 0 Å². The lowest BCUT2D eigenvalue weighted by Crippen LogP contribution is -2.50.